The molecule has 0 aromatic heterocycles. The molecule has 0 bridgehead atoms. The summed E-state index contributed by atoms with van der Waals surface area (Å²) < 4.78 is 10.6. The zero-order valence-electron chi connectivity index (χ0n) is 15.6. The van der Waals surface area contributed by atoms with Crippen molar-refractivity contribution < 1.29 is 14.3 Å². The molecule has 5 nitrogen and oxygen atoms in total. The number of aryl methyl sites for hydroxylation is 1. The quantitative estimate of drug-likeness (QED) is 0.761. The number of benzene rings is 2. The molecule has 2 rings (SSSR count). The van der Waals surface area contributed by atoms with Crippen molar-refractivity contribution in [3.05, 3.63) is 52.5 Å². The second kappa shape index (κ2) is 9.46. The van der Waals surface area contributed by atoms with Crippen LogP contribution in [0.25, 0.3) is 0 Å². The average molecular weight is 377 g/mol. The van der Waals surface area contributed by atoms with Crippen LogP contribution in [0.15, 0.2) is 36.4 Å². The van der Waals surface area contributed by atoms with E-state index in [4.69, 9.17) is 21.1 Å². The Morgan fingerprint density at radius 2 is 1.85 bits per heavy atom. The second-order valence-electron chi connectivity index (χ2n) is 6.18. The molecule has 0 aliphatic rings. The first-order valence-electron chi connectivity index (χ1n) is 8.38. The van der Waals surface area contributed by atoms with Crippen LogP contribution in [-0.2, 0) is 11.2 Å². The van der Waals surface area contributed by atoms with E-state index >= 15 is 0 Å². The third-order valence-corrected chi connectivity index (χ3v) is 4.35. The van der Waals surface area contributed by atoms with E-state index in [2.05, 4.69) is 5.32 Å². The van der Waals surface area contributed by atoms with Gasteiger partial charge in [0.2, 0.25) is 5.91 Å². The van der Waals surface area contributed by atoms with Crippen LogP contribution in [0.5, 0.6) is 11.5 Å². The van der Waals surface area contributed by atoms with E-state index in [1.165, 1.54) is 0 Å². The van der Waals surface area contributed by atoms with Gasteiger partial charge in [-0.15, -0.1) is 0 Å². The zero-order chi connectivity index (χ0) is 19.1. The minimum absolute atomic E-state index is 0.0646. The first-order chi connectivity index (χ1) is 12.4. The number of carbonyl (C=O) groups excluding carboxylic acids is 1. The summed E-state index contributed by atoms with van der Waals surface area (Å²) in [5.74, 6) is 1.35. The van der Waals surface area contributed by atoms with Gasteiger partial charge in [0.15, 0.2) is 11.5 Å². The number of carbonyl (C=O) groups is 1. The molecule has 6 heteroatoms. The third kappa shape index (κ3) is 5.64. The Labute approximate surface area is 159 Å². The fourth-order valence-electron chi connectivity index (χ4n) is 2.60. The molecule has 140 valence electrons. The predicted molar refractivity (Wildman–Crippen MR) is 106 cm³/mol. The maximum absolute atomic E-state index is 12.2. The highest BCUT2D eigenvalue weighted by Crippen LogP contribution is 2.27. The van der Waals surface area contributed by atoms with Crippen molar-refractivity contribution in [1.29, 1.82) is 0 Å². The fraction of sp³-hybridized carbons (Fsp3) is 0.350. The van der Waals surface area contributed by atoms with Gasteiger partial charge in [-0.3, -0.25) is 9.69 Å². The Balaban J connectivity index is 1.87. The smallest absolute Gasteiger partial charge is 0.238 e. The minimum Gasteiger partial charge on any atom is -0.493 e. The van der Waals surface area contributed by atoms with Gasteiger partial charge in [-0.05, 0) is 55.8 Å². The van der Waals surface area contributed by atoms with Gasteiger partial charge in [0.1, 0.15) is 0 Å². The topological polar surface area (TPSA) is 50.8 Å². The summed E-state index contributed by atoms with van der Waals surface area (Å²) in [5.41, 5.74) is 2.85. The van der Waals surface area contributed by atoms with Gasteiger partial charge >= 0.3 is 0 Å². The molecule has 26 heavy (non-hydrogen) atoms. The number of anilines is 1. The van der Waals surface area contributed by atoms with Gasteiger partial charge in [0.05, 0.1) is 20.8 Å². The molecule has 0 spiro atoms. The molecule has 0 unspecified atom stereocenters. The molecule has 0 saturated heterocycles. The Bertz CT molecular complexity index is 765. The number of hydrogen-bond acceptors (Lipinski definition) is 4. The van der Waals surface area contributed by atoms with Gasteiger partial charge in [-0.1, -0.05) is 23.7 Å². The van der Waals surface area contributed by atoms with Crippen LogP contribution in [0.3, 0.4) is 0 Å². The summed E-state index contributed by atoms with van der Waals surface area (Å²) in [7, 11) is 5.16. The standard InChI is InChI=1S/C20H25ClN2O3/c1-14-5-7-16(21)12-17(14)22-20(24)13-23(2)10-9-15-6-8-18(25-3)19(11-15)26-4/h5-8,11-12H,9-10,13H2,1-4H3,(H,22,24). The average Bonchev–Trinajstić information content (AvgIpc) is 2.62. The van der Waals surface area contributed by atoms with Gasteiger partial charge in [0, 0.05) is 17.3 Å². The Hall–Kier alpha value is -2.24. The van der Waals surface area contributed by atoms with Crippen LogP contribution in [0, 0.1) is 6.92 Å². The number of rotatable bonds is 8. The van der Waals surface area contributed by atoms with Crippen molar-refractivity contribution in [1.82, 2.24) is 4.90 Å². The number of hydrogen-bond donors (Lipinski definition) is 1. The number of nitrogens with zero attached hydrogens (tertiary/aromatic N) is 1. The van der Waals surface area contributed by atoms with Crippen molar-refractivity contribution in [2.24, 2.45) is 0 Å². The molecule has 0 fully saturated rings. The number of nitrogens with one attached hydrogen (secondary N) is 1. The van der Waals surface area contributed by atoms with E-state index in [9.17, 15) is 4.79 Å². The maximum atomic E-state index is 12.2. The Morgan fingerprint density at radius 3 is 2.54 bits per heavy atom. The molecule has 0 radical (unpaired) electrons. The molecular formula is C20H25ClN2O3. The highest BCUT2D eigenvalue weighted by molar-refractivity contribution is 6.31. The number of ether oxygens (including phenoxy) is 2. The zero-order valence-corrected chi connectivity index (χ0v) is 16.4. The Kier molecular flexibility index (Phi) is 7.30. The van der Waals surface area contributed by atoms with E-state index in [1.807, 2.05) is 49.2 Å². The highest BCUT2D eigenvalue weighted by atomic mass is 35.5. The summed E-state index contributed by atoms with van der Waals surface area (Å²) in [5, 5.41) is 3.52. The number of halogens is 1. The number of likely N-dealkylation sites (N-methyl/N-ethyl adjacent to an activating group) is 1. The van der Waals surface area contributed by atoms with Crippen molar-refractivity contribution in [3.8, 4) is 11.5 Å². The SMILES string of the molecule is COc1ccc(CCN(C)CC(=O)Nc2cc(Cl)ccc2C)cc1OC. The van der Waals surface area contributed by atoms with Crippen molar-refractivity contribution in [3.63, 3.8) is 0 Å². The monoisotopic (exact) mass is 376 g/mol. The highest BCUT2D eigenvalue weighted by Gasteiger charge is 2.10. The van der Waals surface area contributed by atoms with Crippen LogP contribution in [0.2, 0.25) is 5.02 Å². The largest absolute Gasteiger partial charge is 0.493 e. The molecule has 0 saturated carbocycles. The number of methoxy groups -OCH3 is 2. The lowest BCUT2D eigenvalue weighted by Gasteiger charge is -2.17. The fourth-order valence-corrected chi connectivity index (χ4v) is 2.77. The van der Waals surface area contributed by atoms with Crippen LogP contribution >= 0.6 is 11.6 Å². The minimum atomic E-state index is -0.0646. The van der Waals surface area contributed by atoms with Crippen molar-refractivity contribution >= 4 is 23.2 Å². The summed E-state index contributed by atoms with van der Waals surface area (Å²) in [6, 6.07) is 11.3. The van der Waals surface area contributed by atoms with E-state index in [1.54, 1.807) is 20.3 Å². The van der Waals surface area contributed by atoms with Gasteiger partial charge in [-0.25, -0.2) is 0 Å². The lowest BCUT2D eigenvalue weighted by Crippen LogP contribution is -2.31. The van der Waals surface area contributed by atoms with Crippen LogP contribution in [0.4, 0.5) is 5.69 Å². The first-order valence-corrected chi connectivity index (χ1v) is 8.76. The maximum Gasteiger partial charge on any atom is 0.238 e. The molecule has 0 heterocycles. The lowest BCUT2D eigenvalue weighted by molar-refractivity contribution is -0.117. The Morgan fingerprint density at radius 1 is 1.12 bits per heavy atom. The van der Waals surface area contributed by atoms with Crippen molar-refractivity contribution in [2.45, 2.75) is 13.3 Å². The van der Waals surface area contributed by atoms with Gasteiger partial charge in [0.25, 0.3) is 0 Å². The van der Waals surface area contributed by atoms with E-state index in [0.29, 0.717) is 23.1 Å². The molecular weight excluding hydrogens is 352 g/mol. The van der Waals surface area contributed by atoms with Crippen LogP contribution in [0.1, 0.15) is 11.1 Å². The molecule has 1 N–H and O–H groups in total. The number of amides is 1. The van der Waals surface area contributed by atoms with E-state index < -0.39 is 0 Å². The summed E-state index contributed by atoms with van der Waals surface area (Å²) in [6.07, 6.45) is 0.806. The van der Waals surface area contributed by atoms with Crippen LogP contribution in [-0.4, -0.2) is 45.2 Å². The molecule has 2 aromatic rings. The third-order valence-electron chi connectivity index (χ3n) is 4.12. The van der Waals surface area contributed by atoms with Gasteiger partial charge in [-0.2, -0.15) is 0 Å². The molecule has 0 atom stereocenters. The lowest BCUT2D eigenvalue weighted by atomic mass is 10.1. The normalized spacial score (nSPS) is 10.7. The molecule has 0 aliphatic carbocycles. The van der Waals surface area contributed by atoms with E-state index in [0.717, 1.165) is 29.8 Å². The first kappa shape index (κ1) is 20.1. The van der Waals surface area contributed by atoms with E-state index in [-0.39, 0.29) is 5.91 Å². The van der Waals surface area contributed by atoms with Gasteiger partial charge < -0.3 is 14.8 Å². The summed E-state index contributed by atoms with van der Waals surface area (Å²) in [6.45, 7) is 2.99. The molecule has 1 amide bonds. The predicted octanol–water partition coefficient (Wildman–Crippen LogP) is 3.78. The summed E-state index contributed by atoms with van der Waals surface area (Å²) >= 11 is 5.99. The molecule has 0 aliphatic heterocycles. The van der Waals surface area contributed by atoms with Crippen molar-refractivity contribution in [2.75, 3.05) is 39.7 Å². The molecule has 2 aromatic carbocycles. The van der Waals surface area contributed by atoms with Crippen LogP contribution < -0.4 is 14.8 Å². The summed E-state index contributed by atoms with van der Waals surface area (Å²) in [4.78, 5) is 14.2. The second-order valence-corrected chi connectivity index (χ2v) is 6.62.